The maximum atomic E-state index is 6.19. The van der Waals surface area contributed by atoms with Crippen LogP contribution in [0.4, 0.5) is 0 Å². The highest BCUT2D eigenvalue weighted by Gasteiger charge is 2.17. The summed E-state index contributed by atoms with van der Waals surface area (Å²) >= 11 is 1.70. The molecule has 0 aliphatic heterocycles. The van der Waals surface area contributed by atoms with Crippen LogP contribution in [0.5, 0.6) is 5.75 Å². The van der Waals surface area contributed by atoms with E-state index in [2.05, 4.69) is 36.3 Å². The van der Waals surface area contributed by atoms with Gasteiger partial charge in [-0.15, -0.1) is 11.3 Å². The van der Waals surface area contributed by atoms with Crippen LogP contribution in [0.15, 0.2) is 23.6 Å². The summed E-state index contributed by atoms with van der Waals surface area (Å²) < 4.78 is 5.89. The third kappa shape index (κ3) is 3.27. The minimum Gasteiger partial charge on any atom is -0.487 e. The molecule has 0 saturated carbocycles. The summed E-state index contributed by atoms with van der Waals surface area (Å²) in [6.07, 6.45) is 3.39. The van der Waals surface area contributed by atoms with Crippen LogP contribution in [0.2, 0.25) is 0 Å². The largest absolute Gasteiger partial charge is 0.487 e. The Bertz CT molecular complexity index is 621. The molecule has 1 aromatic carbocycles. The van der Waals surface area contributed by atoms with Gasteiger partial charge in [0, 0.05) is 17.3 Å². The van der Waals surface area contributed by atoms with E-state index < -0.39 is 0 Å². The Balaban J connectivity index is 1.69. The molecular weight excluding hydrogens is 280 g/mol. The van der Waals surface area contributed by atoms with Crippen LogP contribution in [0.25, 0.3) is 0 Å². The van der Waals surface area contributed by atoms with Gasteiger partial charge in [-0.25, -0.2) is 4.98 Å². The molecule has 0 radical (unpaired) electrons. The van der Waals surface area contributed by atoms with E-state index in [4.69, 9.17) is 10.5 Å². The summed E-state index contributed by atoms with van der Waals surface area (Å²) in [6.45, 7) is 4.85. The van der Waals surface area contributed by atoms with Crippen LogP contribution in [0, 0.1) is 0 Å². The molecule has 0 unspecified atom stereocenters. The Labute approximate surface area is 130 Å². The van der Waals surface area contributed by atoms with E-state index in [1.54, 1.807) is 11.3 Å². The Morgan fingerprint density at radius 2 is 2.29 bits per heavy atom. The van der Waals surface area contributed by atoms with Gasteiger partial charge in [0.2, 0.25) is 0 Å². The number of hydrogen-bond donors (Lipinski definition) is 1. The van der Waals surface area contributed by atoms with E-state index in [-0.39, 0.29) is 6.04 Å². The summed E-state index contributed by atoms with van der Waals surface area (Å²) in [7, 11) is 0. The number of aromatic nitrogens is 1. The number of nitrogens with two attached hydrogens (primary N) is 1. The Morgan fingerprint density at radius 1 is 1.43 bits per heavy atom. The van der Waals surface area contributed by atoms with Crippen molar-refractivity contribution in [1.82, 2.24) is 4.98 Å². The molecule has 2 aromatic rings. The first-order chi connectivity index (χ1) is 10.1. The van der Waals surface area contributed by atoms with Crippen LogP contribution < -0.4 is 10.5 Å². The van der Waals surface area contributed by atoms with E-state index >= 15 is 0 Å². The zero-order valence-electron chi connectivity index (χ0n) is 12.6. The fraction of sp³-hybridized carbons (Fsp3) is 0.471. The molecule has 0 spiro atoms. The quantitative estimate of drug-likeness (QED) is 0.921. The Kier molecular flexibility index (Phi) is 4.27. The molecule has 3 nitrogen and oxygen atoms in total. The molecule has 1 aliphatic rings. The van der Waals surface area contributed by atoms with Crippen LogP contribution in [-0.4, -0.2) is 4.98 Å². The number of aryl methyl sites for hydroxylation is 1. The SMILES string of the molecule is CC(C)c1nc(COc2ccc3c(c2)[C@H](N)CCC3)cs1. The molecule has 4 heteroatoms. The van der Waals surface area contributed by atoms with E-state index in [0.29, 0.717) is 12.5 Å². The normalized spacial score (nSPS) is 17.8. The molecule has 0 bridgehead atoms. The number of rotatable bonds is 4. The van der Waals surface area contributed by atoms with Crippen LogP contribution in [0.3, 0.4) is 0 Å². The zero-order valence-corrected chi connectivity index (χ0v) is 13.5. The summed E-state index contributed by atoms with van der Waals surface area (Å²) in [5.74, 6) is 1.37. The van der Waals surface area contributed by atoms with Gasteiger partial charge in [-0.2, -0.15) is 0 Å². The van der Waals surface area contributed by atoms with Gasteiger partial charge in [0.25, 0.3) is 0 Å². The smallest absolute Gasteiger partial charge is 0.131 e. The van der Waals surface area contributed by atoms with Gasteiger partial charge in [0.05, 0.1) is 10.7 Å². The number of fused-ring (bicyclic) bond motifs is 1. The summed E-state index contributed by atoms with van der Waals surface area (Å²) in [6, 6.07) is 6.47. The first kappa shape index (κ1) is 14.5. The zero-order chi connectivity index (χ0) is 14.8. The monoisotopic (exact) mass is 302 g/mol. The highest BCUT2D eigenvalue weighted by molar-refractivity contribution is 7.09. The Hall–Kier alpha value is -1.39. The van der Waals surface area contributed by atoms with Crippen molar-refractivity contribution in [1.29, 1.82) is 0 Å². The number of benzene rings is 1. The van der Waals surface area contributed by atoms with Gasteiger partial charge in [-0.05, 0) is 42.5 Å². The lowest BCUT2D eigenvalue weighted by atomic mass is 9.88. The predicted molar refractivity (Wildman–Crippen MR) is 86.8 cm³/mol. The number of nitrogens with zero attached hydrogens (tertiary/aromatic N) is 1. The third-order valence-corrected chi connectivity index (χ3v) is 5.12. The van der Waals surface area contributed by atoms with Crippen LogP contribution in [-0.2, 0) is 13.0 Å². The molecular formula is C17H22N2OS. The fourth-order valence-electron chi connectivity index (χ4n) is 2.71. The Morgan fingerprint density at radius 3 is 3.05 bits per heavy atom. The standard InChI is InChI=1S/C17H22N2OS/c1-11(2)17-19-13(10-21-17)9-20-14-7-6-12-4-3-5-16(18)15(12)8-14/h6-8,10-11,16H,3-5,9,18H2,1-2H3/t16-/m1/s1. The maximum Gasteiger partial charge on any atom is 0.131 e. The number of thiazole rings is 1. The molecule has 112 valence electrons. The van der Waals surface area contributed by atoms with Gasteiger partial charge in [0.1, 0.15) is 12.4 Å². The molecule has 1 aromatic heterocycles. The van der Waals surface area contributed by atoms with E-state index in [1.165, 1.54) is 22.6 Å². The van der Waals surface area contributed by atoms with Crippen LogP contribution in [0.1, 0.15) is 60.5 Å². The van der Waals surface area contributed by atoms with Gasteiger partial charge in [0.15, 0.2) is 0 Å². The first-order valence-corrected chi connectivity index (χ1v) is 8.47. The van der Waals surface area contributed by atoms with Gasteiger partial charge in [-0.3, -0.25) is 0 Å². The van der Waals surface area contributed by atoms with Gasteiger partial charge >= 0.3 is 0 Å². The van der Waals surface area contributed by atoms with E-state index in [1.807, 2.05) is 6.07 Å². The third-order valence-electron chi connectivity index (χ3n) is 3.93. The molecule has 1 atom stereocenters. The lowest BCUT2D eigenvalue weighted by molar-refractivity contribution is 0.301. The molecule has 1 heterocycles. The van der Waals surface area contributed by atoms with Crippen LogP contribution >= 0.6 is 11.3 Å². The maximum absolute atomic E-state index is 6.19. The fourth-order valence-corrected chi connectivity index (χ4v) is 3.53. The summed E-state index contributed by atoms with van der Waals surface area (Å²) in [4.78, 5) is 4.60. The second-order valence-electron chi connectivity index (χ2n) is 5.98. The minimum absolute atomic E-state index is 0.157. The molecule has 3 rings (SSSR count). The predicted octanol–water partition coefficient (Wildman–Crippen LogP) is 4.18. The van der Waals surface area contributed by atoms with Crippen molar-refractivity contribution in [2.45, 2.75) is 51.7 Å². The second kappa shape index (κ2) is 6.16. The molecule has 0 saturated heterocycles. The average Bonchev–Trinajstić information content (AvgIpc) is 2.95. The van der Waals surface area contributed by atoms with Gasteiger partial charge < -0.3 is 10.5 Å². The summed E-state index contributed by atoms with van der Waals surface area (Å²) in [5, 5.41) is 3.25. The van der Waals surface area contributed by atoms with Crippen molar-refractivity contribution in [2.75, 3.05) is 0 Å². The summed E-state index contributed by atoms with van der Waals surface area (Å²) in [5.41, 5.74) is 9.82. The molecule has 0 amide bonds. The molecule has 2 N–H and O–H groups in total. The molecule has 0 fully saturated rings. The van der Waals surface area contributed by atoms with Crippen molar-refractivity contribution in [3.63, 3.8) is 0 Å². The average molecular weight is 302 g/mol. The topological polar surface area (TPSA) is 48.1 Å². The van der Waals surface area contributed by atoms with E-state index in [9.17, 15) is 0 Å². The highest BCUT2D eigenvalue weighted by atomic mass is 32.1. The number of ether oxygens (including phenoxy) is 1. The molecule has 1 aliphatic carbocycles. The van der Waals surface area contributed by atoms with Crippen molar-refractivity contribution in [2.24, 2.45) is 5.73 Å². The second-order valence-corrected chi connectivity index (χ2v) is 6.87. The van der Waals surface area contributed by atoms with Crippen molar-refractivity contribution in [3.8, 4) is 5.75 Å². The van der Waals surface area contributed by atoms with Crippen molar-refractivity contribution in [3.05, 3.63) is 45.4 Å². The van der Waals surface area contributed by atoms with Crippen molar-refractivity contribution < 1.29 is 4.74 Å². The highest BCUT2D eigenvalue weighted by Crippen LogP contribution is 2.31. The van der Waals surface area contributed by atoms with Crippen molar-refractivity contribution >= 4 is 11.3 Å². The minimum atomic E-state index is 0.157. The first-order valence-electron chi connectivity index (χ1n) is 7.59. The number of hydrogen-bond acceptors (Lipinski definition) is 4. The van der Waals surface area contributed by atoms with Gasteiger partial charge in [-0.1, -0.05) is 19.9 Å². The lowest BCUT2D eigenvalue weighted by Gasteiger charge is -2.22. The lowest BCUT2D eigenvalue weighted by Crippen LogP contribution is -2.17. The van der Waals surface area contributed by atoms with E-state index in [0.717, 1.165) is 24.3 Å². The molecule has 21 heavy (non-hydrogen) atoms.